The molecule has 1 aliphatic rings. The highest BCUT2D eigenvalue weighted by molar-refractivity contribution is 6.15. The predicted molar refractivity (Wildman–Crippen MR) is 222 cm³/mol. The van der Waals surface area contributed by atoms with Crippen LogP contribution in [-0.2, 0) is 5.41 Å². The molecule has 9 aromatic rings. The van der Waals surface area contributed by atoms with Gasteiger partial charge in [0.25, 0.3) is 0 Å². The Labute approximate surface area is 305 Å². The maximum atomic E-state index is 2.57. The van der Waals surface area contributed by atoms with Crippen molar-refractivity contribution in [1.29, 1.82) is 0 Å². The van der Waals surface area contributed by atoms with Crippen LogP contribution in [0.2, 0.25) is 0 Å². The van der Waals surface area contributed by atoms with Gasteiger partial charge in [0.2, 0.25) is 0 Å². The van der Waals surface area contributed by atoms with Crippen molar-refractivity contribution in [3.8, 4) is 33.4 Å². The molecule has 9 aromatic carbocycles. The lowest BCUT2D eigenvalue weighted by Gasteiger charge is -2.35. The Bertz CT molecular complexity index is 2830. The summed E-state index contributed by atoms with van der Waals surface area (Å²) in [5.41, 5.74) is 13.5. The van der Waals surface area contributed by atoms with Gasteiger partial charge >= 0.3 is 0 Å². The zero-order valence-corrected chi connectivity index (χ0v) is 29.3. The third kappa shape index (κ3) is 4.56. The number of nitrogens with zero attached hydrogens (tertiary/aromatic N) is 1. The highest BCUT2D eigenvalue weighted by Crippen LogP contribution is 2.56. The zero-order valence-electron chi connectivity index (χ0n) is 29.3. The molecule has 0 spiro atoms. The molecule has 0 aromatic heterocycles. The van der Waals surface area contributed by atoms with E-state index in [1.165, 1.54) is 82.5 Å². The molecule has 0 aliphatic heterocycles. The minimum absolute atomic E-state index is 0.213. The van der Waals surface area contributed by atoms with Crippen LogP contribution in [0.15, 0.2) is 188 Å². The van der Waals surface area contributed by atoms with Gasteiger partial charge in [-0.15, -0.1) is 0 Å². The lowest BCUT2D eigenvalue weighted by molar-refractivity contribution is 0.661. The standard InChI is InChI=1S/C51H37N/c1-51(2)45-28-14-12-25-41(45)43-27-16-30-48(50(43)51)52(47-32-31-34-17-6-9-22-38(34)49(47)35-18-4-3-5-19-35)46-29-15-13-26-42(46)44-33-36-20-7-8-21-37(36)39-23-10-11-24-40(39)44/h3-33H,1-2H3. The van der Waals surface area contributed by atoms with Gasteiger partial charge in [-0.25, -0.2) is 0 Å². The number of para-hydroxylation sites is 1. The lowest BCUT2D eigenvalue weighted by Crippen LogP contribution is -2.21. The predicted octanol–water partition coefficient (Wildman–Crippen LogP) is 14.3. The summed E-state index contributed by atoms with van der Waals surface area (Å²) in [5.74, 6) is 0. The summed E-state index contributed by atoms with van der Waals surface area (Å²) in [5, 5.41) is 7.50. The van der Waals surface area contributed by atoms with Gasteiger partial charge in [0.1, 0.15) is 0 Å². The van der Waals surface area contributed by atoms with Crippen LogP contribution in [0.25, 0.3) is 65.7 Å². The van der Waals surface area contributed by atoms with E-state index in [1.54, 1.807) is 0 Å². The van der Waals surface area contributed by atoms with Crippen molar-refractivity contribution in [3.63, 3.8) is 0 Å². The second-order valence-corrected chi connectivity index (χ2v) is 14.5. The molecular formula is C51H37N. The Balaban J connectivity index is 1.34. The fourth-order valence-corrected chi connectivity index (χ4v) is 8.92. The smallest absolute Gasteiger partial charge is 0.0546 e. The van der Waals surface area contributed by atoms with E-state index in [0.717, 1.165) is 11.4 Å². The molecule has 0 heterocycles. The zero-order chi connectivity index (χ0) is 34.8. The molecule has 0 amide bonds. The summed E-state index contributed by atoms with van der Waals surface area (Å²) in [6.07, 6.45) is 0. The van der Waals surface area contributed by atoms with Crippen LogP contribution in [0, 0.1) is 0 Å². The van der Waals surface area contributed by atoms with E-state index in [9.17, 15) is 0 Å². The molecule has 0 N–H and O–H groups in total. The first-order chi connectivity index (χ1) is 25.6. The van der Waals surface area contributed by atoms with E-state index in [1.807, 2.05) is 0 Å². The van der Waals surface area contributed by atoms with Crippen LogP contribution in [0.5, 0.6) is 0 Å². The number of rotatable bonds is 5. The van der Waals surface area contributed by atoms with E-state index >= 15 is 0 Å². The van der Waals surface area contributed by atoms with Crippen molar-refractivity contribution in [2.24, 2.45) is 0 Å². The number of hydrogen-bond donors (Lipinski definition) is 0. The largest absolute Gasteiger partial charge is 0.309 e. The van der Waals surface area contributed by atoms with E-state index in [4.69, 9.17) is 0 Å². The summed E-state index contributed by atoms with van der Waals surface area (Å²) in [6.45, 7) is 4.78. The number of benzene rings is 9. The second kappa shape index (κ2) is 11.8. The van der Waals surface area contributed by atoms with Gasteiger partial charge in [0.05, 0.1) is 17.1 Å². The Morgan fingerprint density at radius 2 is 0.962 bits per heavy atom. The molecule has 0 radical (unpaired) electrons. The van der Waals surface area contributed by atoms with E-state index < -0.39 is 0 Å². The molecule has 1 aliphatic carbocycles. The maximum absolute atomic E-state index is 2.57. The Morgan fingerprint density at radius 3 is 1.79 bits per heavy atom. The summed E-state index contributed by atoms with van der Waals surface area (Å²) in [7, 11) is 0. The third-order valence-corrected chi connectivity index (χ3v) is 11.2. The molecule has 0 unspecified atom stereocenters. The number of fused-ring (bicyclic) bond motifs is 7. The van der Waals surface area contributed by atoms with Gasteiger partial charge < -0.3 is 4.90 Å². The topological polar surface area (TPSA) is 3.24 Å². The first kappa shape index (κ1) is 30.4. The first-order valence-electron chi connectivity index (χ1n) is 18.2. The van der Waals surface area contributed by atoms with Crippen molar-refractivity contribution in [2.45, 2.75) is 19.3 Å². The minimum Gasteiger partial charge on any atom is -0.309 e. The molecule has 0 saturated heterocycles. The molecule has 1 heteroatoms. The van der Waals surface area contributed by atoms with Crippen molar-refractivity contribution < 1.29 is 0 Å². The highest BCUT2D eigenvalue weighted by Gasteiger charge is 2.39. The third-order valence-electron chi connectivity index (χ3n) is 11.2. The number of hydrogen-bond acceptors (Lipinski definition) is 1. The molecule has 0 fully saturated rings. The van der Waals surface area contributed by atoms with Crippen LogP contribution in [0.1, 0.15) is 25.0 Å². The normalized spacial score (nSPS) is 13.0. The summed E-state index contributed by atoms with van der Waals surface area (Å²) in [4.78, 5) is 2.57. The monoisotopic (exact) mass is 663 g/mol. The molecular weight excluding hydrogens is 627 g/mol. The average Bonchev–Trinajstić information content (AvgIpc) is 3.44. The summed E-state index contributed by atoms with van der Waals surface area (Å²) >= 11 is 0. The average molecular weight is 664 g/mol. The molecule has 52 heavy (non-hydrogen) atoms. The molecule has 0 atom stereocenters. The summed E-state index contributed by atoms with van der Waals surface area (Å²) in [6, 6.07) is 69.3. The van der Waals surface area contributed by atoms with Crippen molar-refractivity contribution in [2.75, 3.05) is 4.90 Å². The fraction of sp³-hybridized carbons (Fsp3) is 0.0588. The quantitative estimate of drug-likeness (QED) is 0.166. The van der Waals surface area contributed by atoms with Gasteiger partial charge in [-0.3, -0.25) is 0 Å². The second-order valence-electron chi connectivity index (χ2n) is 14.5. The Kier molecular flexibility index (Phi) is 6.91. The SMILES string of the molecule is CC1(C)c2ccccc2-c2cccc(N(c3ccccc3-c3cc4ccccc4c4ccccc34)c3ccc4ccccc4c3-c3ccccc3)c21. The molecule has 10 rings (SSSR count). The molecule has 246 valence electrons. The Hall–Kier alpha value is -6.44. The van der Waals surface area contributed by atoms with Crippen LogP contribution in [-0.4, -0.2) is 0 Å². The van der Waals surface area contributed by atoms with Crippen LogP contribution < -0.4 is 4.90 Å². The van der Waals surface area contributed by atoms with Crippen LogP contribution in [0.3, 0.4) is 0 Å². The fourth-order valence-electron chi connectivity index (χ4n) is 8.92. The van der Waals surface area contributed by atoms with E-state index in [0.29, 0.717) is 0 Å². The van der Waals surface area contributed by atoms with Gasteiger partial charge in [0, 0.05) is 16.5 Å². The Morgan fingerprint density at radius 1 is 0.365 bits per heavy atom. The van der Waals surface area contributed by atoms with Gasteiger partial charge in [-0.1, -0.05) is 178 Å². The lowest BCUT2D eigenvalue weighted by atomic mass is 9.81. The van der Waals surface area contributed by atoms with Crippen molar-refractivity contribution in [3.05, 3.63) is 199 Å². The highest BCUT2D eigenvalue weighted by atomic mass is 15.2. The first-order valence-corrected chi connectivity index (χ1v) is 18.2. The van der Waals surface area contributed by atoms with E-state index in [2.05, 4.69) is 207 Å². The van der Waals surface area contributed by atoms with Crippen molar-refractivity contribution >= 4 is 49.4 Å². The van der Waals surface area contributed by atoms with Crippen molar-refractivity contribution in [1.82, 2.24) is 0 Å². The minimum atomic E-state index is -0.213. The van der Waals surface area contributed by atoms with Gasteiger partial charge in [0.15, 0.2) is 0 Å². The van der Waals surface area contributed by atoms with Crippen LogP contribution in [0.4, 0.5) is 17.1 Å². The maximum Gasteiger partial charge on any atom is 0.0546 e. The van der Waals surface area contributed by atoms with Crippen LogP contribution >= 0.6 is 0 Å². The summed E-state index contributed by atoms with van der Waals surface area (Å²) < 4.78 is 0. The van der Waals surface area contributed by atoms with E-state index in [-0.39, 0.29) is 5.41 Å². The van der Waals surface area contributed by atoms with Gasteiger partial charge in [-0.05, 0) is 90.0 Å². The molecule has 0 saturated carbocycles. The van der Waals surface area contributed by atoms with Gasteiger partial charge in [-0.2, -0.15) is 0 Å². The molecule has 0 bridgehead atoms. The molecule has 1 nitrogen and oxygen atoms in total. The number of anilines is 3.